The first-order valence-electron chi connectivity index (χ1n) is 18.3. The summed E-state index contributed by atoms with van der Waals surface area (Å²) in [7, 11) is 0. The summed E-state index contributed by atoms with van der Waals surface area (Å²) in [5.41, 5.74) is 3.53. The van der Waals surface area contributed by atoms with Crippen molar-refractivity contribution in [3.8, 4) is 34.6 Å². The second kappa shape index (κ2) is 17.7. The van der Waals surface area contributed by atoms with Gasteiger partial charge in [0, 0.05) is 31.0 Å². The summed E-state index contributed by atoms with van der Waals surface area (Å²) in [5.74, 6) is 8.75. The van der Waals surface area contributed by atoms with E-state index in [1.807, 2.05) is 75.6 Å². The number of nitrogens with one attached hydrogen (secondary N) is 4. The molecule has 0 aliphatic carbocycles. The normalized spacial score (nSPS) is 15.9. The molecule has 1 saturated heterocycles. The van der Waals surface area contributed by atoms with E-state index >= 15 is 0 Å². The summed E-state index contributed by atoms with van der Waals surface area (Å²) >= 11 is 0. The van der Waals surface area contributed by atoms with Gasteiger partial charge < -0.3 is 40.7 Å². The molecule has 4 aromatic rings. The molecule has 13 nitrogen and oxygen atoms in total. The van der Waals surface area contributed by atoms with E-state index in [0.717, 1.165) is 62.3 Å². The van der Waals surface area contributed by atoms with E-state index in [1.54, 1.807) is 12.1 Å². The molecule has 0 bridgehead atoms. The number of aromatic nitrogens is 4. The molecule has 0 saturated carbocycles. The Morgan fingerprint density at radius 3 is 2.60 bits per heavy atom. The Hall–Kier alpha value is -5.61. The smallest absolute Gasteiger partial charge is 0.408 e. The first-order chi connectivity index (χ1) is 25.7. The van der Waals surface area contributed by atoms with Gasteiger partial charge in [-0.1, -0.05) is 36.1 Å². The summed E-state index contributed by atoms with van der Waals surface area (Å²) < 4.78 is 11.3. The second-order valence-electron chi connectivity index (χ2n) is 14.3. The molecule has 1 amide bonds. The highest BCUT2D eigenvalue weighted by molar-refractivity contribution is 5.75. The molecule has 5 N–H and O–H groups in total. The van der Waals surface area contributed by atoms with Gasteiger partial charge >= 0.3 is 6.09 Å². The highest BCUT2D eigenvalue weighted by Gasteiger charge is 2.23. The minimum absolute atomic E-state index is 0.0828. The third kappa shape index (κ3) is 10.9. The minimum atomic E-state index is -0.543. The Balaban J connectivity index is 0.870. The fraction of sp³-hybridized carbons (Fsp3) is 0.425. The second-order valence-corrected chi connectivity index (χ2v) is 14.3. The zero-order valence-electron chi connectivity index (χ0n) is 30.7. The molecule has 1 atom stereocenters. The lowest BCUT2D eigenvalue weighted by Crippen LogP contribution is -2.39. The van der Waals surface area contributed by atoms with Gasteiger partial charge in [0.05, 0.1) is 36.1 Å². The number of hydrogen-bond donors (Lipinski definition) is 5. The number of likely N-dealkylation sites (tertiary alicyclic amines) is 1. The number of unbranched alkanes of at least 4 members (excludes halogenated alkanes) is 1. The number of anilines is 3. The van der Waals surface area contributed by atoms with Crippen molar-refractivity contribution in [2.75, 3.05) is 61.8 Å². The fourth-order valence-electron chi connectivity index (χ4n) is 6.30. The van der Waals surface area contributed by atoms with Gasteiger partial charge in [-0.3, -0.25) is 0 Å². The number of phenols is 1. The van der Waals surface area contributed by atoms with Crippen LogP contribution in [-0.2, 0) is 4.74 Å². The van der Waals surface area contributed by atoms with Crippen LogP contribution in [0.15, 0.2) is 67.0 Å². The standard InChI is InChI=1S/C40H49N9O4/c1-40(2,3)53-39(51)41-18-10-12-29-11-4-7-15-36(29)52-22-9-8-19-49-20-16-28(17-21-49)30-24-43-38(44-25-30)45-27-31-26-42-37-34(46-31)23-33(47-48-37)32-13-5-6-14-35(32)50/h4-7,11,13-15,23-25,28,31,46,50H,8-9,16-22,26-27H2,1-3H3,(H,41,51)(H,42,48)(H,43,44,45)/t31-/m0/s1. The highest BCUT2D eigenvalue weighted by atomic mass is 16.6. The zero-order valence-corrected chi connectivity index (χ0v) is 30.7. The lowest BCUT2D eigenvalue weighted by atomic mass is 9.91. The van der Waals surface area contributed by atoms with Crippen LogP contribution in [0.4, 0.5) is 22.2 Å². The van der Waals surface area contributed by atoms with Crippen LogP contribution in [-0.4, -0.2) is 93.8 Å². The van der Waals surface area contributed by atoms with Crippen LogP contribution in [0.5, 0.6) is 11.5 Å². The van der Waals surface area contributed by atoms with Crippen molar-refractivity contribution in [2.45, 2.75) is 64.0 Å². The number of ether oxygens (including phenoxy) is 2. The first-order valence-corrected chi connectivity index (χ1v) is 18.3. The number of amides is 1. The molecule has 2 aromatic heterocycles. The van der Waals surface area contributed by atoms with Crippen molar-refractivity contribution in [2.24, 2.45) is 0 Å². The number of carbonyl (C=O) groups is 1. The summed E-state index contributed by atoms with van der Waals surface area (Å²) in [6.07, 6.45) is 7.63. The molecule has 2 aliphatic rings. The summed E-state index contributed by atoms with van der Waals surface area (Å²) in [4.78, 5) is 23.6. The molecule has 13 heteroatoms. The van der Waals surface area contributed by atoms with E-state index in [2.05, 4.69) is 58.2 Å². The van der Waals surface area contributed by atoms with E-state index in [9.17, 15) is 9.90 Å². The monoisotopic (exact) mass is 719 g/mol. The highest BCUT2D eigenvalue weighted by Crippen LogP contribution is 2.32. The topological polar surface area (TPSA) is 159 Å². The predicted molar refractivity (Wildman–Crippen MR) is 206 cm³/mol. The van der Waals surface area contributed by atoms with Gasteiger partial charge in [-0.05, 0) is 108 Å². The maximum absolute atomic E-state index is 11.8. The Morgan fingerprint density at radius 1 is 1.04 bits per heavy atom. The average molecular weight is 720 g/mol. The Kier molecular flexibility index (Phi) is 12.4. The summed E-state index contributed by atoms with van der Waals surface area (Å²) in [6, 6.07) is 16.8. The lowest BCUT2D eigenvalue weighted by molar-refractivity contribution is 0.0535. The molecular weight excluding hydrogens is 670 g/mol. The van der Waals surface area contributed by atoms with Crippen LogP contribution in [0.1, 0.15) is 63.5 Å². The van der Waals surface area contributed by atoms with E-state index < -0.39 is 11.7 Å². The molecule has 1 fully saturated rings. The number of hydrogen-bond acceptors (Lipinski definition) is 12. The van der Waals surface area contributed by atoms with Crippen molar-refractivity contribution in [1.29, 1.82) is 0 Å². The van der Waals surface area contributed by atoms with Gasteiger partial charge in [0.1, 0.15) is 17.1 Å². The van der Waals surface area contributed by atoms with Gasteiger partial charge in [-0.25, -0.2) is 14.8 Å². The Bertz CT molecular complexity index is 1880. The largest absolute Gasteiger partial charge is 0.507 e. The van der Waals surface area contributed by atoms with Crippen molar-refractivity contribution < 1.29 is 19.4 Å². The molecular formula is C40H49N9O4. The van der Waals surface area contributed by atoms with E-state index in [1.165, 1.54) is 5.56 Å². The zero-order chi connectivity index (χ0) is 37.0. The predicted octanol–water partition coefficient (Wildman–Crippen LogP) is 5.87. The van der Waals surface area contributed by atoms with Crippen LogP contribution >= 0.6 is 0 Å². The SMILES string of the molecule is CC(C)(C)OC(=O)NCC#Cc1ccccc1OCCCCN1CCC(c2cnc(NC[C@@H]3CNc4nnc(-c5ccccc5O)cc4N3)nc2)CC1. The lowest BCUT2D eigenvalue weighted by Gasteiger charge is -2.32. The quantitative estimate of drug-likeness (QED) is 0.0877. The van der Waals surface area contributed by atoms with E-state index in [0.29, 0.717) is 48.6 Å². The van der Waals surface area contributed by atoms with Gasteiger partial charge in [0.2, 0.25) is 5.95 Å². The molecule has 0 spiro atoms. The van der Waals surface area contributed by atoms with E-state index in [4.69, 9.17) is 9.47 Å². The molecule has 0 radical (unpaired) electrons. The van der Waals surface area contributed by atoms with Gasteiger partial charge in [-0.15, -0.1) is 10.2 Å². The Morgan fingerprint density at radius 2 is 1.81 bits per heavy atom. The maximum atomic E-state index is 11.8. The molecule has 2 aliphatic heterocycles. The molecule has 0 unspecified atom stereocenters. The van der Waals surface area contributed by atoms with Crippen molar-refractivity contribution in [1.82, 2.24) is 30.4 Å². The average Bonchev–Trinajstić information content (AvgIpc) is 3.16. The number of alkyl carbamates (subject to hydrolysis) is 1. The van der Waals surface area contributed by atoms with Gasteiger partial charge in [0.15, 0.2) is 5.82 Å². The van der Waals surface area contributed by atoms with Crippen molar-refractivity contribution in [3.05, 3.63) is 78.1 Å². The molecule has 2 aromatic carbocycles. The molecule has 4 heterocycles. The number of piperidine rings is 1. The fourth-order valence-corrected chi connectivity index (χ4v) is 6.30. The van der Waals surface area contributed by atoms with Crippen LogP contribution in [0.3, 0.4) is 0 Å². The number of carbonyl (C=O) groups excluding carboxylic acids is 1. The number of para-hydroxylation sites is 2. The Labute approximate surface area is 311 Å². The van der Waals surface area contributed by atoms with Crippen LogP contribution in [0.2, 0.25) is 0 Å². The summed E-state index contributed by atoms with van der Waals surface area (Å²) in [5, 5.41) is 31.7. The minimum Gasteiger partial charge on any atom is -0.507 e. The number of fused-ring (bicyclic) bond motifs is 1. The van der Waals surface area contributed by atoms with Crippen molar-refractivity contribution in [3.63, 3.8) is 0 Å². The maximum Gasteiger partial charge on any atom is 0.408 e. The molecule has 278 valence electrons. The van der Waals surface area contributed by atoms with Crippen molar-refractivity contribution >= 4 is 23.5 Å². The molecule has 53 heavy (non-hydrogen) atoms. The number of nitrogens with zero attached hydrogens (tertiary/aromatic N) is 5. The van der Waals surface area contributed by atoms with E-state index in [-0.39, 0.29) is 18.3 Å². The summed E-state index contributed by atoms with van der Waals surface area (Å²) in [6.45, 7) is 10.8. The van der Waals surface area contributed by atoms with Crippen LogP contribution < -0.4 is 26.0 Å². The van der Waals surface area contributed by atoms with Gasteiger partial charge in [-0.2, -0.15) is 0 Å². The van der Waals surface area contributed by atoms with Gasteiger partial charge in [0.25, 0.3) is 0 Å². The van der Waals surface area contributed by atoms with Crippen LogP contribution in [0.25, 0.3) is 11.3 Å². The molecule has 6 rings (SSSR count). The first kappa shape index (κ1) is 37.2. The number of rotatable bonds is 12. The number of phenolic OH excluding ortho intramolecular Hbond substituents is 1. The third-order valence-electron chi connectivity index (χ3n) is 9.04. The number of benzene rings is 2. The van der Waals surface area contributed by atoms with Crippen LogP contribution in [0, 0.1) is 11.8 Å². The number of aromatic hydroxyl groups is 1. The third-order valence-corrected chi connectivity index (χ3v) is 9.04.